The number of nitrogens with zero attached hydrogens (tertiary/aromatic N) is 1. The van der Waals surface area contributed by atoms with Gasteiger partial charge in [-0.1, -0.05) is 46.8 Å². The van der Waals surface area contributed by atoms with Crippen molar-refractivity contribution in [2.45, 2.75) is 59.9 Å². The number of hydrogen-bond acceptors (Lipinski definition) is 4. The smallest absolute Gasteiger partial charge is 0.329 e. The summed E-state index contributed by atoms with van der Waals surface area (Å²) >= 11 is 0. The minimum Gasteiger partial charge on any atom is -0.454 e. The fourth-order valence-electron chi connectivity index (χ4n) is 2.73. The molecule has 0 saturated heterocycles. The van der Waals surface area contributed by atoms with Gasteiger partial charge in [0.2, 0.25) is 0 Å². The highest BCUT2D eigenvalue weighted by Gasteiger charge is 2.27. The first-order valence-corrected chi connectivity index (χ1v) is 9.87. The molecule has 1 aromatic rings. The molecule has 1 N–H and O–H groups in total. The Bertz CT molecular complexity index is 671. The second-order valence-electron chi connectivity index (χ2n) is 8.20. The van der Waals surface area contributed by atoms with E-state index in [0.717, 1.165) is 5.56 Å². The lowest BCUT2D eigenvalue weighted by atomic mass is 9.86. The largest absolute Gasteiger partial charge is 0.454 e. The number of carbonyl (C=O) groups excluding carboxylic acids is 3. The van der Waals surface area contributed by atoms with E-state index in [1.165, 1.54) is 0 Å². The average Bonchev–Trinajstić information content (AvgIpc) is 2.64. The third-order valence-electron chi connectivity index (χ3n) is 4.67. The highest BCUT2D eigenvalue weighted by atomic mass is 16.5. The maximum absolute atomic E-state index is 12.6. The number of nitrogens with one attached hydrogen (secondary N) is 1. The molecule has 0 saturated carbocycles. The number of hydrogen-bond donors (Lipinski definition) is 1. The van der Waals surface area contributed by atoms with Crippen molar-refractivity contribution < 1.29 is 19.1 Å². The Balaban J connectivity index is 2.77. The van der Waals surface area contributed by atoms with Gasteiger partial charge in [-0.05, 0) is 42.9 Å². The molecule has 2 amide bonds. The van der Waals surface area contributed by atoms with E-state index >= 15 is 0 Å². The van der Waals surface area contributed by atoms with Crippen LogP contribution in [0.5, 0.6) is 0 Å². The Hall–Kier alpha value is -2.37. The Kier molecular flexibility index (Phi) is 8.66. The summed E-state index contributed by atoms with van der Waals surface area (Å²) in [6, 6.07) is 6.52. The lowest BCUT2D eigenvalue weighted by molar-refractivity contribution is -0.154. The normalized spacial score (nSPS) is 12.4. The van der Waals surface area contributed by atoms with E-state index in [2.05, 4.69) is 26.1 Å². The third kappa shape index (κ3) is 6.66. The van der Waals surface area contributed by atoms with Crippen LogP contribution >= 0.6 is 0 Å². The van der Waals surface area contributed by atoms with Gasteiger partial charge in [-0.15, -0.1) is 0 Å². The summed E-state index contributed by atoms with van der Waals surface area (Å²) < 4.78 is 5.17. The highest BCUT2D eigenvalue weighted by Crippen LogP contribution is 2.22. The molecule has 0 radical (unpaired) electrons. The molecule has 6 heteroatoms. The number of rotatable bonds is 8. The molecule has 0 spiro atoms. The van der Waals surface area contributed by atoms with E-state index in [9.17, 15) is 14.4 Å². The van der Waals surface area contributed by atoms with Crippen LogP contribution in [0.2, 0.25) is 0 Å². The first-order valence-electron chi connectivity index (χ1n) is 9.87. The first-order chi connectivity index (χ1) is 13.0. The van der Waals surface area contributed by atoms with E-state index in [1.807, 2.05) is 39.8 Å². The van der Waals surface area contributed by atoms with Crippen molar-refractivity contribution in [1.29, 1.82) is 0 Å². The Morgan fingerprint density at radius 1 is 1.04 bits per heavy atom. The predicted molar refractivity (Wildman–Crippen MR) is 110 cm³/mol. The summed E-state index contributed by atoms with van der Waals surface area (Å²) in [4.78, 5) is 38.6. The van der Waals surface area contributed by atoms with Crippen LogP contribution in [-0.2, 0) is 19.7 Å². The number of likely N-dealkylation sites (N-methyl/N-ethyl adjacent to an activating group) is 1. The van der Waals surface area contributed by atoms with Crippen molar-refractivity contribution in [2.75, 3.05) is 19.7 Å². The molecule has 1 rings (SSSR count). The molecular weight excluding hydrogens is 356 g/mol. The zero-order valence-electron chi connectivity index (χ0n) is 18.2. The van der Waals surface area contributed by atoms with E-state index < -0.39 is 12.0 Å². The van der Waals surface area contributed by atoms with Gasteiger partial charge in [0.05, 0.1) is 0 Å². The van der Waals surface area contributed by atoms with Gasteiger partial charge in [-0.3, -0.25) is 9.59 Å². The number of esters is 1. The molecular formula is C22H34N2O4. The maximum Gasteiger partial charge on any atom is 0.329 e. The van der Waals surface area contributed by atoms with Crippen LogP contribution < -0.4 is 5.32 Å². The van der Waals surface area contributed by atoms with Crippen molar-refractivity contribution in [1.82, 2.24) is 10.2 Å². The van der Waals surface area contributed by atoms with Crippen molar-refractivity contribution in [3.63, 3.8) is 0 Å². The number of ether oxygens (including phenoxy) is 1. The van der Waals surface area contributed by atoms with Crippen LogP contribution in [0.15, 0.2) is 24.3 Å². The van der Waals surface area contributed by atoms with Gasteiger partial charge in [0.1, 0.15) is 6.04 Å². The molecule has 0 heterocycles. The van der Waals surface area contributed by atoms with Crippen LogP contribution in [-0.4, -0.2) is 48.4 Å². The van der Waals surface area contributed by atoms with Gasteiger partial charge in [-0.25, -0.2) is 4.79 Å². The minimum absolute atomic E-state index is 0.00329. The Morgan fingerprint density at radius 2 is 1.57 bits per heavy atom. The molecule has 0 aliphatic heterocycles. The van der Waals surface area contributed by atoms with E-state index in [0.29, 0.717) is 18.7 Å². The van der Waals surface area contributed by atoms with Crippen molar-refractivity contribution >= 4 is 17.8 Å². The Morgan fingerprint density at radius 3 is 2.00 bits per heavy atom. The van der Waals surface area contributed by atoms with Crippen molar-refractivity contribution in [2.24, 2.45) is 5.92 Å². The SMILES string of the molecule is CCN(CC)C(=O)COC(=O)[C@@H](NC(=O)c1ccc(C(C)(C)C)cc1)C(C)C. The van der Waals surface area contributed by atoms with E-state index in [-0.39, 0.29) is 29.8 Å². The predicted octanol–water partition coefficient (Wildman–Crippen LogP) is 3.15. The molecule has 0 fully saturated rings. The zero-order valence-corrected chi connectivity index (χ0v) is 18.2. The van der Waals surface area contributed by atoms with E-state index in [1.54, 1.807) is 17.0 Å². The highest BCUT2D eigenvalue weighted by molar-refractivity contribution is 5.97. The molecule has 156 valence electrons. The van der Waals surface area contributed by atoms with Crippen LogP contribution in [0, 0.1) is 5.92 Å². The standard InChI is InChI=1S/C22H34N2O4/c1-8-24(9-2)18(25)14-28-21(27)19(15(3)4)23-20(26)16-10-12-17(13-11-16)22(5,6)7/h10-13,15,19H,8-9,14H2,1-7H3,(H,23,26)/t19-/m0/s1. The second-order valence-corrected chi connectivity index (χ2v) is 8.20. The summed E-state index contributed by atoms with van der Waals surface area (Å²) in [5.41, 5.74) is 1.60. The summed E-state index contributed by atoms with van der Waals surface area (Å²) in [6.07, 6.45) is 0. The van der Waals surface area contributed by atoms with Crippen molar-refractivity contribution in [3.8, 4) is 0 Å². The maximum atomic E-state index is 12.6. The fraction of sp³-hybridized carbons (Fsp3) is 0.591. The quantitative estimate of drug-likeness (QED) is 0.692. The molecule has 0 aromatic heterocycles. The average molecular weight is 391 g/mol. The summed E-state index contributed by atoms with van der Waals surface area (Å²) in [7, 11) is 0. The molecule has 0 aliphatic rings. The summed E-state index contributed by atoms with van der Waals surface area (Å²) in [5.74, 6) is -1.36. The zero-order chi connectivity index (χ0) is 21.5. The van der Waals surface area contributed by atoms with Crippen LogP contribution in [0.1, 0.15) is 64.4 Å². The van der Waals surface area contributed by atoms with Crippen LogP contribution in [0.4, 0.5) is 0 Å². The lowest BCUT2D eigenvalue weighted by Crippen LogP contribution is -2.46. The van der Waals surface area contributed by atoms with Gasteiger partial charge in [-0.2, -0.15) is 0 Å². The van der Waals surface area contributed by atoms with Crippen molar-refractivity contribution in [3.05, 3.63) is 35.4 Å². The summed E-state index contributed by atoms with van der Waals surface area (Å²) in [5, 5.41) is 2.73. The third-order valence-corrected chi connectivity index (χ3v) is 4.67. The van der Waals surface area contributed by atoms with Gasteiger partial charge < -0.3 is 15.0 Å². The number of carbonyl (C=O) groups is 3. The summed E-state index contributed by atoms with van der Waals surface area (Å²) in [6.45, 7) is 14.5. The van der Waals surface area contributed by atoms with Gasteiger partial charge >= 0.3 is 5.97 Å². The topological polar surface area (TPSA) is 75.7 Å². The molecule has 1 atom stereocenters. The molecule has 0 aliphatic carbocycles. The lowest BCUT2D eigenvalue weighted by Gasteiger charge is -2.23. The van der Waals surface area contributed by atoms with Gasteiger partial charge in [0, 0.05) is 18.7 Å². The molecule has 6 nitrogen and oxygen atoms in total. The second kappa shape index (κ2) is 10.2. The molecule has 1 aromatic carbocycles. The first kappa shape index (κ1) is 23.7. The molecule has 28 heavy (non-hydrogen) atoms. The minimum atomic E-state index is -0.820. The molecule has 0 unspecified atom stereocenters. The van der Waals surface area contributed by atoms with Gasteiger partial charge in [0.25, 0.3) is 11.8 Å². The van der Waals surface area contributed by atoms with Crippen LogP contribution in [0.25, 0.3) is 0 Å². The van der Waals surface area contributed by atoms with E-state index in [4.69, 9.17) is 4.74 Å². The monoisotopic (exact) mass is 390 g/mol. The fourth-order valence-corrected chi connectivity index (χ4v) is 2.73. The number of amides is 2. The van der Waals surface area contributed by atoms with Gasteiger partial charge in [0.15, 0.2) is 6.61 Å². The Labute approximate surface area is 168 Å². The van der Waals surface area contributed by atoms with Crippen LogP contribution in [0.3, 0.4) is 0 Å². The number of benzene rings is 1. The molecule has 0 bridgehead atoms.